The molecule has 0 bridgehead atoms. The normalized spacial score (nSPS) is 12.0. The van der Waals surface area contributed by atoms with E-state index in [1.807, 2.05) is 0 Å². The van der Waals surface area contributed by atoms with Crippen molar-refractivity contribution in [3.63, 3.8) is 0 Å². The van der Waals surface area contributed by atoms with Crippen LogP contribution in [0.4, 0.5) is 14.5 Å². The molecule has 3 nitrogen and oxygen atoms in total. The summed E-state index contributed by atoms with van der Waals surface area (Å²) in [6.45, 7) is 0. The van der Waals surface area contributed by atoms with Gasteiger partial charge >= 0.3 is 0 Å². The highest BCUT2D eigenvalue weighted by Crippen LogP contribution is 2.17. The van der Waals surface area contributed by atoms with Gasteiger partial charge in [-0.25, -0.2) is 8.78 Å². The van der Waals surface area contributed by atoms with Gasteiger partial charge in [-0.05, 0) is 42.3 Å². The Balaban J connectivity index is 1.95. The predicted molar refractivity (Wildman–Crippen MR) is 82.1 cm³/mol. The van der Waals surface area contributed by atoms with Crippen LogP contribution >= 0.6 is 0 Å². The lowest BCUT2D eigenvalue weighted by molar-refractivity contribution is -0.116. The number of anilines is 1. The standard InChI is InChI=1S/C16H15F2NO2S/c1-22(21)15-7-6-13(10-14(15)18)19-16(20)8-5-11-3-2-4-12(17)9-11/h2-4,6-7,9-10H,5,8H2,1H3,(H,19,20)/t22-/m1/s1. The molecule has 2 aromatic rings. The number of aryl methyl sites for hydroxylation is 1. The minimum atomic E-state index is -1.42. The predicted octanol–water partition coefficient (Wildman–Crippen LogP) is 3.27. The van der Waals surface area contributed by atoms with Crippen LogP contribution in [-0.4, -0.2) is 16.4 Å². The first kappa shape index (κ1) is 16.3. The Labute approximate surface area is 129 Å². The molecule has 0 aromatic heterocycles. The van der Waals surface area contributed by atoms with Gasteiger partial charge in [0.15, 0.2) is 0 Å². The van der Waals surface area contributed by atoms with Crippen molar-refractivity contribution in [3.05, 3.63) is 59.7 Å². The van der Waals surface area contributed by atoms with Crippen molar-refractivity contribution in [1.29, 1.82) is 0 Å². The van der Waals surface area contributed by atoms with Gasteiger partial charge in [0.1, 0.15) is 11.6 Å². The first-order valence-corrected chi connectivity index (χ1v) is 8.19. The number of hydrogen-bond donors (Lipinski definition) is 1. The Morgan fingerprint density at radius 3 is 2.59 bits per heavy atom. The lowest BCUT2D eigenvalue weighted by atomic mass is 10.1. The summed E-state index contributed by atoms with van der Waals surface area (Å²) in [5.41, 5.74) is 1.02. The van der Waals surface area contributed by atoms with Gasteiger partial charge in [0.05, 0.1) is 15.7 Å². The highest BCUT2D eigenvalue weighted by atomic mass is 32.2. The number of halogens is 2. The van der Waals surface area contributed by atoms with Crippen LogP contribution in [0.1, 0.15) is 12.0 Å². The molecule has 1 atom stereocenters. The maximum absolute atomic E-state index is 13.7. The molecule has 1 N–H and O–H groups in total. The van der Waals surface area contributed by atoms with Gasteiger partial charge < -0.3 is 5.32 Å². The summed E-state index contributed by atoms with van der Waals surface area (Å²) in [5, 5.41) is 2.56. The molecule has 0 heterocycles. The summed E-state index contributed by atoms with van der Waals surface area (Å²) in [5.74, 6) is -1.26. The Kier molecular flexibility index (Phi) is 5.38. The topological polar surface area (TPSA) is 46.2 Å². The van der Waals surface area contributed by atoms with Crippen LogP contribution in [-0.2, 0) is 22.0 Å². The van der Waals surface area contributed by atoms with Crippen molar-refractivity contribution >= 4 is 22.4 Å². The zero-order chi connectivity index (χ0) is 16.1. The minimum absolute atomic E-state index is 0.0951. The average molecular weight is 323 g/mol. The van der Waals surface area contributed by atoms with Crippen molar-refractivity contribution in [3.8, 4) is 0 Å². The van der Waals surface area contributed by atoms with Gasteiger partial charge in [-0.2, -0.15) is 0 Å². The molecule has 0 aliphatic carbocycles. The number of rotatable bonds is 5. The summed E-state index contributed by atoms with van der Waals surface area (Å²) < 4.78 is 37.9. The fourth-order valence-electron chi connectivity index (χ4n) is 1.99. The molecule has 6 heteroatoms. The fourth-order valence-corrected chi connectivity index (χ4v) is 2.58. The van der Waals surface area contributed by atoms with E-state index >= 15 is 0 Å². The number of carbonyl (C=O) groups is 1. The first-order valence-electron chi connectivity index (χ1n) is 6.63. The van der Waals surface area contributed by atoms with E-state index in [0.29, 0.717) is 12.1 Å². The zero-order valence-corrected chi connectivity index (χ0v) is 12.8. The number of carbonyl (C=O) groups excluding carboxylic acids is 1. The summed E-state index contributed by atoms with van der Waals surface area (Å²) in [4.78, 5) is 11.9. The lowest BCUT2D eigenvalue weighted by Gasteiger charge is -2.07. The highest BCUT2D eigenvalue weighted by molar-refractivity contribution is 7.84. The molecular weight excluding hydrogens is 308 g/mol. The minimum Gasteiger partial charge on any atom is -0.326 e. The number of amides is 1. The Hall–Kier alpha value is -2.08. The maximum Gasteiger partial charge on any atom is 0.224 e. The smallest absolute Gasteiger partial charge is 0.224 e. The molecule has 0 aliphatic rings. The summed E-state index contributed by atoms with van der Waals surface area (Å²) in [6.07, 6.45) is 1.94. The lowest BCUT2D eigenvalue weighted by Crippen LogP contribution is -2.12. The summed E-state index contributed by atoms with van der Waals surface area (Å²) >= 11 is 0. The third kappa shape index (κ3) is 4.46. The highest BCUT2D eigenvalue weighted by Gasteiger charge is 2.09. The van der Waals surface area contributed by atoms with E-state index in [4.69, 9.17) is 0 Å². The molecule has 2 rings (SSSR count). The van der Waals surface area contributed by atoms with Gasteiger partial charge in [-0.1, -0.05) is 12.1 Å². The van der Waals surface area contributed by atoms with Crippen molar-refractivity contribution in [2.45, 2.75) is 17.7 Å². The van der Waals surface area contributed by atoms with Gasteiger partial charge in [-0.15, -0.1) is 0 Å². The quantitative estimate of drug-likeness (QED) is 0.918. The molecule has 1 amide bonds. The second-order valence-corrected chi connectivity index (χ2v) is 6.13. The Morgan fingerprint density at radius 2 is 1.95 bits per heavy atom. The molecule has 0 radical (unpaired) electrons. The van der Waals surface area contributed by atoms with Crippen LogP contribution in [0.2, 0.25) is 0 Å². The van der Waals surface area contributed by atoms with E-state index in [9.17, 15) is 17.8 Å². The molecule has 0 fully saturated rings. The molecule has 22 heavy (non-hydrogen) atoms. The SMILES string of the molecule is C[S@@](=O)c1ccc(NC(=O)CCc2cccc(F)c2)cc1F. The first-order chi connectivity index (χ1) is 10.5. The summed E-state index contributed by atoms with van der Waals surface area (Å²) in [7, 11) is -1.42. The molecule has 0 spiro atoms. The van der Waals surface area contributed by atoms with E-state index in [0.717, 1.165) is 11.6 Å². The third-order valence-electron chi connectivity index (χ3n) is 3.06. The van der Waals surface area contributed by atoms with E-state index in [2.05, 4.69) is 5.32 Å². The van der Waals surface area contributed by atoms with Gasteiger partial charge in [0, 0.05) is 18.4 Å². The van der Waals surface area contributed by atoms with Crippen molar-refractivity contribution in [1.82, 2.24) is 0 Å². The monoisotopic (exact) mass is 323 g/mol. The van der Waals surface area contributed by atoms with Gasteiger partial charge in [0.25, 0.3) is 0 Å². The van der Waals surface area contributed by atoms with Crippen molar-refractivity contribution in [2.24, 2.45) is 0 Å². The Bertz CT molecular complexity index is 719. The molecule has 116 valence electrons. The van der Waals surface area contributed by atoms with E-state index in [-0.39, 0.29) is 23.0 Å². The van der Waals surface area contributed by atoms with E-state index < -0.39 is 16.6 Å². The second kappa shape index (κ2) is 7.26. The van der Waals surface area contributed by atoms with Crippen LogP contribution in [0.5, 0.6) is 0 Å². The molecule has 0 saturated carbocycles. The van der Waals surface area contributed by atoms with Gasteiger partial charge in [-0.3, -0.25) is 9.00 Å². The average Bonchev–Trinajstić information content (AvgIpc) is 2.45. The number of hydrogen-bond acceptors (Lipinski definition) is 2. The number of nitrogens with one attached hydrogen (secondary N) is 1. The molecule has 2 aromatic carbocycles. The van der Waals surface area contributed by atoms with E-state index in [1.54, 1.807) is 12.1 Å². The van der Waals surface area contributed by atoms with Gasteiger partial charge in [0.2, 0.25) is 5.91 Å². The van der Waals surface area contributed by atoms with Crippen LogP contribution in [0, 0.1) is 11.6 Å². The van der Waals surface area contributed by atoms with Crippen molar-refractivity contribution in [2.75, 3.05) is 11.6 Å². The maximum atomic E-state index is 13.7. The molecule has 0 saturated heterocycles. The fraction of sp³-hybridized carbons (Fsp3) is 0.188. The zero-order valence-electron chi connectivity index (χ0n) is 11.9. The van der Waals surface area contributed by atoms with Crippen LogP contribution in [0.25, 0.3) is 0 Å². The van der Waals surface area contributed by atoms with Crippen LogP contribution < -0.4 is 5.32 Å². The third-order valence-corrected chi connectivity index (χ3v) is 4.01. The summed E-state index contributed by atoms with van der Waals surface area (Å²) in [6, 6.07) is 10.1. The van der Waals surface area contributed by atoms with Crippen molar-refractivity contribution < 1.29 is 17.8 Å². The van der Waals surface area contributed by atoms with E-state index in [1.165, 1.54) is 30.5 Å². The molecular formula is C16H15F2NO2S. The largest absolute Gasteiger partial charge is 0.326 e. The Morgan fingerprint density at radius 1 is 1.18 bits per heavy atom. The van der Waals surface area contributed by atoms with Crippen LogP contribution in [0.15, 0.2) is 47.4 Å². The molecule has 0 unspecified atom stereocenters. The number of benzene rings is 2. The second-order valence-electron chi connectivity index (χ2n) is 4.78. The molecule has 0 aliphatic heterocycles. The van der Waals surface area contributed by atoms with Crippen LogP contribution in [0.3, 0.4) is 0 Å².